The van der Waals surface area contributed by atoms with Gasteiger partial charge in [0.15, 0.2) is 0 Å². The Hall–Kier alpha value is -4.01. The maximum absolute atomic E-state index is 12.3. The quantitative estimate of drug-likeness (QED) is 0.211. The molecular formula is C20H15NO8. The summed E-state index contributed by atoms with van der Waals surface area (Å²) in [7, 11) is 0. The van der Waals surface area contributed by atoms with Crippen LogP contribution in [-0.2, 0) is 4.74 Å². The third-order valence-corrected chi connectivity index (χ3v) is 4.05. The van der Waals surface area contributed by atoms with Crippen LogP contribution in [0.3, 0.4) is 0 Å². The second kappa shape index (κ2) is 7.93. The molecule has 9 heteroatoms. The molecular weight excluding hydrogens is 382 g/mol. The molecule has 2 aromatic carbocycles. The second-order valence-electron chi connectivity index (χ2n) is 6.02. The maximum Gasteiger partial charge on any atom is 0.351 e. The summed E-state index contributed by atoms with van der Waals surface area (Å²) in [5, 5.41) is 11.5. The molecule has 9 nitrogen and oxygen atoms in total. The van der Waals surface area contributed by atoms with Gasteiger partial charge in [0.05, 0.1) is 17.1 Å². The lowest BCUT2D eigenvalue weighted by Gasteiger charge is -2.07. The van der Waals surface area contributed by atoms with E-state index in [1.54, 1.807) is 13.8 Å². The van der Waals surface area contributed by atoms with E-state index in [0.717, 1.165) is 6.07 Å². The molecule has 29 heavy (non-hydrogen) atoms. The number of benzene rings is 2. The third-order valence-electron chi connectivity index (χ3n) is 4.05. The highest BCUT2D eigenvalue weighted by molar-refractivity contribution is 5.94. The van der Waals surface area contributed by atoms with Gasteiger partial charge in [0.25, 0.3) is 5.69 Å². The van der Waals surface area contributed by atoms with Crippen molar-refractivity contribution in [1.29, 1.82) is 0 Å². The van der Waals surface area contributed by atoms with Crippen LogP contribution in [0, 0.1) is 17.0 Å². The molecule has 3 rings (SSSR count). The normalized spacial score (nSPS) is 10.6. The van der Waals surface area contributed by atoms with E-state index in [4.69, 9.17) is 13.9 Å². The number of nitro benzene ring substituents is 1. The molecule has 0 aliphatic carbocycles. The van der Waals surface area contributed by atoms with Gasteiger partial charge < -0.3 is 13.9 Å². The molecule has 0 radical (unpaired) electrons. The number of aryl methyl sites for hydroxylation is 1. The molecule has 3 aromatic rings. The Bertz CT molecular complexity index is 1190. The number of carbonyl (C=O) groups excluding carboxylic acids is 2. The van der Waals surface area contributed by atoms with Crippen molar-refractivity contribution >= 4 is 28.6 Å². The minimum absolute atomic E-state index is 0.00140. The van der Waals surface area contributed by atoms with E-state index in [1.165, 1.54) is 36.4 Å². The summed E-state index contributed by atoms with van der Waals surface area (Å²) in [6.45, 7) is 3.29. The van der Waals surface area contributed by atoms with Crippen molar-refractivity contribution < 1.29 is 28.4 Å². The highest BCUT2D eigenvalue weighted by Gasteiger charge is 2.18. The molecule has 0 saturated heterocycles. The number of hydrogen-bond donors (Lipinski definition) is 0. The average Bonchev–Trinajstić information content (AvgIpc) is 2.67. The number of hydrogen-bond acceptors (Lipinski definition) is 8. The lowest BCUT2D eigenvalue weighted by molar-refractivity contribution is -0.385. The van der Waals surface area contributed by atoms with Gasteiger partial charge in [-0.3, -0.25) is 10.1 Å². The van der Waals surface area contributed by atoms with Gasteiger partial charge in [0.1, 0.15) is 16.9 Å². The first-order valence-corrected chi connectivity index (χ1v) is 8.52. The summed E-state index contributed by atoms with van der Waals surface area (Å²) in [6.07, 6.45) is 0. The SMILES string of the molecule is CCOC(=O)c1cc2ccc(OC(=O)c3ccc(C)c([N+](=O)[O-])c3)cc2oc1=O. The molecule has 0 aliphatic heterocycles. The molecule has 1 aromatic heterocycles. The lowest BCUT2D eigenvalue weighted by atomic mass is 10.1. The van der Waals surface area contributed by atoms with Crippen LogP contribution in [-0.4, -0.2) is 23.5 Å². The highest BCUT2D eigenvalue weighted by Crippen LogP contribution is 2.23. The van der Waals surface area contributed by atoms with Crippen molar-refractivity contribution in [2.45, 2.75) is 13.8 Å². The Morgan fingerprint density at radius 2 is 1.86 bits per heavy atom. The van der Waals surface area contributed by atoms with E-state index in [0.29, 0.717) is 10.9 Å². The fourth-order valence-electron chi connectivity index (χ4n) is 2.61. The van der Waals surface area contributed by atoms with E-state index in [1.807, 2.05) is 0 Å². The van der Waals surface area contributed by atoms with Crippen LogP contribution < -0.4 is 10.4 Å². The number of rotatable bonds is 5. The molecule has 0 saturated carbocycles. The zero-order chi connectivity index (χ0) is 21.1. The first kappa shape index (κ1) is 19.7. The van der Waals surface area contributed by atoms with E-state index in [2.05, 4.69) is 0 Å². The van der Waals surface area contributed by atoms with Crippen molar-refractivity contribution in [3.63, 3.8) is 0 Å². The number of nitro groups is 1. The Morgan fingerprint density at radius 1 is 1.10 bits per heavy atom. The van der Waals surface area contributed by atoms with Gasteiger partial charge in [0.2, 0.25) is 0 Å². The average molecular weight is 397 g/mol. The van der Waals surface area contributed by atoms with Gasteiger partial charge in [-0.25, -0.2) is 14.4 Å². The van der Waals surface area contributed by atoms with Gasteiger partial charge in [-0.2, -0.15) is 0 Å². The fourth-order valence-corrected chi connectivity index (χ4v) is 2.61. The van der Waals surface area contributed by atoms with Crippen LogP contribution in [0.4, 0.5) is 5.69 Å². The van der Waals surface area contributed by atoms with Gasteiger partial charge in [-0.15, -0.1) is 0 Å². The predicted octanol–water partition coefficient (Wildman–Crippen LogP) is 3.41. The topological polar surface area (TPSA) is 126 Å². The largest absolute Gasteiger partial charge is 0.462 e. The Balaban J connectivity index is 1.89. The van der Waals surface area contributed by atoms with Gasteiger partial charge in [-0.1, -0.05) is 6.07 Å². The fraction of sp³-hybridized carbons (Fsp3) is 0.150. The molecule has 0 atom stereocenters. The van der Waals surface area contributed by atoms with Crippen LogP contribution in [0.2, 0.25) is 0 Å². The van der Waals surface area contributed by atoms with Crippen LogP contribution in [0.5, 0.6) is 5.75 Å². The highest BCUT2D eigenvalue weighted by atomic mass is 16.6. The van der Waals surface area contributed by atoms with E-state index in [9.17, 15) is 24.5 Å². The zero-order valence-electron chi connectivity index (χ0n) is 15.5. The summed E-state index contributed by atoms with van der Waals surface area (Å²) < 4.78 is 15.1. The Labute approximate surface area is 163 Å². The molecule has 0 unspecified atom stereocenters. The Morgan fingerprint density at radius 3 is 2.55 bits per heavy atom. The monoisotopic (exact) mass is 397 g/mol. The molecule has 0 bridgehead atoms. The molecule has 0 spiro atoms. The van der Waals surface area contributed by atoms with Crippen molar-refractivity contribution in [2.24, 2.45) is 0 Å². The molecule has 1 heterocycles. The number of nitrogens with zero attached hydrogens (tertiary/aromatic N) is 1. The van der Waals surface area contributed by atoms with E-state index < -0.39 is 22.5 Å². The third kappa shape index (κ3) is 4.13. The van der Waals surface area contributed by atoms with Crippen LogP contribution >= 0.6 is 0 Å². The van der Waals surface area contributed by atoms with Crippen molar-refractivity contribution in [2.75, 3.05) is 6.61 Å². The standard InChI is InChI=1S/C20H15NO8/c1-3-27-19(23)15-8-12-6-7-14(10-17(12)29-20(15)24)28-18(22)13-5-4-11(2)16(9-13)21(25)26/h4-10H,3H2,1-2H3. The maximum atomic E-state index is 12.3. The number of esters is 2. The molecule has 0 aliphatic rings. The number of fused-ring (bicyclic) bond motifs is 1. The predicted molar refractivity (Wildman–Crippen MR) is 101 cm³/mol. The molecule has 0 amide bonds. The lowest BCUT2D eigenvalue weighted by Crippen LogP contribution is -2.16. The van der Waals surface area contributed by atoms with Gasteiger partial charge >= 0.3 is 17.6 Å². The van der Waals surface area contributed by atoms with Crippen LogP contribution in [0.1, 0.15) is 33.2 Å². The minimum Gasteiger partial charge on any atom is -0.462 e. The van der Waals surface area contributed by atoms with E-state index >= 15 is 0 Å². The summed E-state index contributed by atoms with van der Waals surface area (Å²) in [5.74, 6) is -1.53. The van der Waals surface area contributed by atoms with Gasteiger partial charge in [0, 0.05) is 23.1 Å². The zero-order valence-corrected chi connectivity index (χ0v) is 15.5. The van der Waals surface area contributed by atoms with Crippen LogP contribution in [0.25, 0.3) is 11.0 Å². The molecule has 0 N–H and O–H groups in total. The summed E-state index contributed by atoms with van der Waals surface area (Å²) >= 11 is 0. The first-order valence-electron chi connectivity index (χ1n) is 8.52. The van der Waals surface area contributed by atoms with E-state index in [-0.39, 0.29) is 34.8 Å². The minimum atomic E-state index is -0.881. The van der Waals surface area contributed by atoms with Crippen molar-refractivity contribution in [3.8, 4) is 5.75 Å². The summed E-state index contributed by atoms with van der Waals surface area (Å²) in [5.41, 5.74) is -0.804. The number of carbonyl (C=O) groups is 2. The Kier molecular flexibility index (Phi) is 5.40. The van der Waals surface area contributed by atoms with Gasteiger partial charge in [-0.05, 0) is 38.1 Å². The first-order chi connectivity index (χ1) is 13.8. The smallest absolute Gasteiger partial charge is 0.351 e. The number of ether oxygens (including phenoxy) is 2. The summed E-state index contributed by atoms with van der Waals surface area (Å²) in [4.78, 5) is 46.5. The molecule has 0 fully saturated rings. The second-order valence-corrected chi connectivity index (χ2v) is 6.02. The molecule has 148 valence electrons. The summed E-state index contributed by atoms with van der Waals surface area (Å²) in [6, 6.07) is 9.58. The van der Waals surface area contributed by atoms with Crippen LogP contribution in [0.15, 0.2) is 51.7 Å². The van der Waals surface area contributed by atoms with Crippen molar-refractivity contribution in [1.82, 2.24) is 0 Å². The van der Waals surface area contributed by atoms with Crippen molar-refractivity contribution in [3.05, 3.63) is 79.7 Å².